The average Bonchev–Trinajstić information content (AvgIpc) is 2.98. The van der Waals surface area contributed by atoms with Gasteiger partial charge in [-0.15, -0.1) is 11.3 Å². The molecule has 0 fully saturated rings. The van der Waals surface area contributed by atoms with E-state index in [1.807, 2.05) is 11.4 Å². The van der Waals surface area contributed by atoms with Crippen LogP contribution in [0.1, 0.15) is 21.5 Å². The molecule has 3 aromatic rings. The number of nitrogens with one attached hydrogen (secondary N) is 1. The summed E-state index contributed by atoms with van der Waals surface area (Å²) in [6, 6.07) is 13.1. The fourth-order valence-corrected chi connectivity index (χ4v) is 3.07. The minimum absolute atomic E-state index is 0.214. The Bertz CT molecular complexity index is 873. The summed E-state index contributed by atoms with van der Waals surface area (Å²) in [4.78, 5) is 16.7. The van der Waals surface area contributed by atoms with Crippen molar-refractivity contribution in [2.45, 2.75) is 13.8 Å². The first-order chi connectivity index (χ1) is 11.0. The fraction of sp³-hybridized carbons (Fsp3) is 0.111. The summed E-state index contributed by atoms with van der Waals surface area (Å²) in [6.07, 6.45) is 0. The largest absolute Gasteiger partial charge is 0.298 e. The van der Waals surface area contributed by atoms with Gasteiger partial charge in [-0.1, -0.05) is 29.8 Å². The zero-order valence-electron chi connectivity index (χ0n) is 12.8. The fourth-order valence-electron chi connectivity index (χ4n) is 2.16. The highest BCUT2D eigenvalue weighted by Gasteiger charge is 2.10. The monoisotopic (exact) mass is 342 g/mol. The third-order valence-corrected chi connectivity index (χ3v) is 4.61. The molecule has 1 amide bonds. The second kappa shape index (κ2) is 6.52. The number of carbonyl (C=O) groups excluding carboxylic acids is 1. The van der Waals surface area contributed by atoms with E-state index in [9.17, 15) is 4.79 Å². The molecule has 2 aromatic carbocycles. The maximum atomic E-state index is 12.2. The van der Waals surface area contributed by atoms with Crippen molar-refractivity contribution in [3.05, 3.63) is 69.6 Å². The highest BCUT2D eigenvalue weighted by atomic mass is 35.5. The van der Waals surface area contributed by atoms with Crippen molar-refractivity contribution in [1.82, 2.24) is 4.98 Å². The predicted molar refractivity (Wildman–Crippen MR) is 96.4 cm³/mol. The maximum absolute atomic E-state index is 12.2. The van der Waals surface area contributed by atoms with Gasteiger partial charge in [0, 0.05) is 21.5 Å². The highest BCUT2D eigenvalue weighted by molar-refractivity contribution is 7.14. The van der Waals surface area contributed by atoms with E-state index in [0.29, 0.717) is 15.7 Å². The third-order valence-electron chi connectivity index (χ3n) is 3.61. The summed E-state index contributed by atoms with van der Waals surface area (Å²) >= 11 is 7.32. The van der Waals surface area contributed by atoms with Crippen molar-refractivity contribution in [2.75, 3.05) is 5.32 Å². The second-order valence-electron chi connectivity index (χ2n) is 5.30. The summed E-state index contributed by atoms with van der Waals surface area (Å²) < 4.78 is 0. The van der Waals surface area contributed by atoms with E-state index in [1.165, 1.54) is 22.5 Å². The molecule has 0 aliphatic rings. The maximum Gasteiger partial charge on any atom is 0.257 e. The van der Waals surface area contributed by atoms with Crippen molar-refractivity contribution >= 4 is 34.0 Å². The van der Waals surface area contributed by atoms with E-state index in [1.54, 1.807) is 24.3 Å². The normalized spacial score (nSPS) is 10.6. The van der Waals surface area contributed by atoms with Gasteiger partial charge in [-0.2, -0.15) is 0 Å². The van der Waals surface area contributed by atoms with E-state index < -0.39 is 0 Å². The Kier molecular flexibility index (Phi) is 4.46. The zero-order valence-corrected chi connectivity index (χ0v) is 14.3. The second-order valence-corrected chi connectivity index (χ2v) is 6.60. The average molecular weight is 343 g/mol. The van der Waals surface area contributed by atoms with Crippen molar-refractivity contribution < 1.29 is 4.79 Å². The molecule has 23 heavy (non-hydrogen) atoms. The quantitative estimate of drug-likeness (QED) is 0.698. The number of hydrogen-bond donors (Lipinski definition) is 1. The lowest BCUT2D eigenvalue weighted by Crippen LogP contribution is -2.11. The molecule has 0 saturated carbocycles. The van der Waals surface area contributed by atoms with Crippen molar-refractivity contribution in [2.24, 2.45) is 0 Å². The summed E-state index contributed by atoms with van der Waals surface area (Å²) in [7, 11) is 0. The van der Waals surface area contributed by atoms with Gasteiger partial charge in [0.25, 0.3) is 5.91 Å². The van der Waals surface area contributed by atoms with Crippen LogP contribution in [0.15, 0.2) is 47.8 Å². The molecule has 5 heteroatoms. The van der Waals surface area contributed by atoms with Crippen LogP contribution in [0.4, 0.5) is 5.13 Å². The summed E-state index contributed by atoms with van der Waals surface area (Å²) in [5.41, 5.74) is 4.89. The Hall–Kier alpha value is -2.17. The molecule has 0 bridgehead atoms. The molecule has 1 N–H and O–H groups in total. The van der Waals surface area contributed by atoms with Crippen LogP contribution in [-0.4, -0.2) is 10.9 Å². The van der Waals surface area contributed by atoms with E-state index in [-0.39, 0.29) is 5.91 Å². The van der Waals surface area contributed by atoms with E-state index >= 15 is 0 Å². The zero-order chi connectivity index (χ0) is 16.4. The number of thiazole rings is 1. The molecule has 116 valence electrons. The third kappa shape index (κ3) is 3.60. The first kappa shape index (κ1) is 15.7. The van der Waals surface area contributed by atoms with Gasteiger partial charge in [-0.25, -0.2) is 4.98 Å². The van der Waals surface area contributed by atoms with Crippen molar-refractivity contribution in [3.8, 4) is 11.3 Å². The van der Waals surface area contributed by atoms with E-state index in [4.69, 9.17) is 11.6 Å². The van der Waals surface area contributed by atoms with Gasteiger partial charge in [0.05, 0.1) is 5.69 Å². The number of benzene rings is 2. The topological polar surface area (TPSA) is 42.0 Å². The molecule has 0 radical (unpaired) electrons. The smallest absolute Gasteiger partial charge is 0.257 e. The lowest BCUT2D eigenvalue weighted by atomic mass is 10.1. The summed E-state index contributed by atoms with van der Waals surface area (Å²) in [6.45, 7) is 4.16. The Labute approximate surface area is 144 Å². The Morgan fingerprint density at radius 3 is 2.70 bits per heavy atom. The van der Waals surface area contributed by atoms with E-state index in [0.717, 1.165) is 11.3 Å². The number of aromatic nitrogens is 1. The molecule has 0 unspecified atom stereocenters. The number of nitrogens with zero attached hydrogens (tertiary/aromatic N) is 1. The van der Waals surface area contributed by atoms with Gasteiger partial charge in [-0.3, -0.25) is 10.1 Å². The van der Waals surface area contributed by atoms with Crippen LogP contribution in [0.2, 0.25) is 5.02 Å². The Morgan fingerprint density at radius 2 is 1.96 bits per heavy atom. The molecule has 0 spiro atoms. The van der Waals surface area contributed by atoms with Gasteiger partial charge in [0.1, 0.15) is 0 Å². The molecule has 3 rings (SSSR count). The Morgan fingerprint density at radius 1 is 1.13 bits per heavy atom. The summed E-state index contributed by atoms with van der Waals surface area (Å²) in [5.74, 6) is -0.214. The van der Waals surface area contributed by atoms with Crippen LogP contribution in [0.5, 0.6) is 0 Å². The molecule has 0 atom stereocenters. The molecule has 0 aliphatic carbocycles. The molecule has 1 aromatic heterocycles. The SMILES string of the molecule is Cc1ccc(-c2csc(NC(=O)c3cccc(Cl)c3)n2)cc1C. The van der Waals surface area contributed by atoms with Crippen LogP contribution < -0.4 is 5.32 Å². The van der Waals surface area contributed by atoms with Crippen LogP contribution >= 0.6 is 22.9 Å². The molecule has 3 nitrogen and oxygen atoms in total. The van der Waals surface area contributed by atoms with Gasteiger partial charge in [0.15, 0.2) is 5.13 Å². The van der Waals surface area contributed by atoms with Gasteiger partial charge in [0.2, 0.25) is 0 Å². The van der Waals surface area contributed by atoms with Crippen molar-refractivity contribution in [1.29, 1.82) is 0 Å². The molecular formula is C18H15ClN2OS. The first-order valence-electron chi connectivity index (χ1n) is 7.13. The summed E-state index contributed by atoms with van der Waals surface area (Å²) in [5, 5.41) is 5.86. The standard InChI is InChI=1S/C18H15ClN2OS/c1-11-6-7-13(8-12(11)2)16-10-23-18(20-16)21-17(22)14-4-3-5-15(19)9-14/h3-10H,1-2H3,(H,20,21,22). The van der Waals surface area contributed by atoms with Crippen LogP contribution in [0.25, 0.3) is 11.3 Å². The minimum Gasteiger partial charge on any atom is -0.298 e. The molecule has 0 aliphatic heterocycles. The minimum atomic E-state index is -0.214. The number of carbonyl (C=O) groups is 1. The van der Waals surface area contributed by atoms with Crippen molar-refractivity contribution in [3.63, 3.8) is 0 Å². The molecule has 0 saturated heterocycles. The lowest BCUT2D eigenvalue weighted by molar-refractivity contribution is 0.102. The van der Waals surface area contributed by atoms with E-state index in [2.05, 4.69) is 36.3 Å². The number of hydrogen-bond acceptors (Lipinski definition) is 3. The number of rotatable bonds is 3. The highest BCUT2D eigenvalue weighted by Crippen LogP contribution is 2.26. The molecular weight excluding hydrogens is 328 g/mol. The molecule has 1 heterocycles. The number of halogens is 1. The lowest BCUT2D eigenvalue weighted by Gasteiger charge is -2.03. The predicted octanol–water partition coefficient (Wildman–Crippen LogP) is 5.33. The van der Waals surface area contributed by atoms with Crippen LogP contribution in [-0.2, 0) is 0 Å². The van der Waals surface area contributed by atoms with Gasteiger partial charge in [-0.05, 0) is 49.2 Å². The van der Waals surface area contributed by atoms with Crippen LogP contribution in [0.3, 0.4) is 0 Å². The van der Waals surface area contributed by atoms with Gasteiger partial charge >= 0.3 is 0 Å². The van der Waals surface area contributed by atoms with Crippen LogP contribution in [0, 0.1) is 13.8 Å². The Balaban J connectivity index is 1.79. The van der Waals surface area contributed by atoms with Gasteiger partial charge < -0.3 is 0 Å². The number of anilines is 1. The first-order valence-corrected chi connectivity index (χ1v) is 8.39. The number of aryl methyl sites for hydroxylation is 2. The number of amides is 1.